The van der Waals surface area contributed by atoms with Gasteiger partial charge in [0.2, 0.25) is 0 Å². The third kappa shape index (κ3) is 3.29. The highest BCUT2D eigenvalue weighted by atomic mass is 35.5. The number of carbonyl (C=O) groups excluding carboxylic acids is 1. The predicted octanol–water partition coefficient (Wildman–Crippen LogP) is 1.73. The molecule has 1 unspecified atom stereocenters. The van der Waals surface area contributed by atoms with Gasteiger partial charge in [-0.2, -0.15) is 0 Å². The maximum atomic E-state index is 12.8. The van der Waals surface area contributed by atoms with Gasteiger partial charge in [-0.1, -0.05) is 67.6 Å². The molecule has 0 saturated heterocycles. The second kappa shape index (κ2) is 6.71. The first-order chi connectivity index (χ1) is 9.09. The van der Waals surface area contributed by atoms with Crippen molar-refractivity contribution in [3.8, 4) is 0 Å². The van der Waals surface area contributed by atoms with Crippen molar-refractivity contribution in [2.24, 2.45) is 5.41 Å². The summed E-state index contributed by atoms with van der Waals surface area (Å²) in [6, 6.07) is 9.57. The molecule has 0 fully saturated rings. The Bertz CT molecular complexity index is 554. The van der Waals surface area contributed by atoms with E-state index in [1.807, 2.05) is 43.3 Å². The van der Waals surface area contributed by atoms with Crippen molar-refractivity contribution >= 4 is 5.78 Å². The Morgan fingerprint density at radius 1 is 1.25 bits per heavy atom. The fraction of sp³-hybridized carbons (Fsp3) is 0.278. The van der Waals surface area contributed by atoms with Crippen LogP contribution >= 0.6 is 0 Å². The minimum absolute atomic E-state index is 0. The van der Waals surface area contributed by atoms with Crippen LogP contribution in [0.15, 0.2) is 66.3 Å². The van der Waals surface area contributed by atoms with Crippen molar-refractivity contribution in [1.82, 2.24) is 0 Å². The Hall–Kier alpha value is -1.60. The molecule has 0 radical (unpaired) electrons. The minimum atomic E-state index is -0.360. The SMILES string of the molecule is C=CC1=C/C(=C/C)CC(C)(C(=O)c2ccccc2)C1.[Cl-]. The Morgan fingerprint density at radius 3 is 2.45 bits per heavy atom. The first-order valence-corrected chi connectivity index (χ1v) is 6.67. The monoisotopic (exact) mass is 287 g/mol. The lowest BCUT2D eigenvalue weighted by Crippen LogP contribution is -3.00. The van der Waals surface area contributed by atoms with Crippen LogP contribution < -0.4 is 12.4 Å². The van der Waals surface area contributed by atoms with E-state index in [2.05, 4.69) is 25.7 Å². The van der Waals surface area contributed by atoms with Crippen LogP contribution in [-0.4, -0.2) is 5.78 Å². The molecule has 0 aromatic heterocycles. The standard InChI is InChI=1S/C18H20O.ClH/c1-4-14-11-15(5-2)13-18(3,12-14)17(19)16-9-7-6-8-10-16;/h4-11H,1,12-13H2,2-3H3;1H/p-1/b15-5-;. The lowest BCUT2D eigenvalue weighted by atomic mass is 9.69. The van der Waals surface area contributed by atoms with E-state index in [1.54, 1.807) is 0 Å². The summed E-state index contributed by atoms with van der Waals surface area (Å²) < 4.78 is 0. The molecule has 1 nitrogen and oxygen atoms in total. The first-order valence-electron chi connectivity index (χ1n) is 6.67. The quantitative estimate of drug-likeness (QED) is 0.774. The van der Waals surface area contributed by atoms with Crippen LogP contribution in [0.5, 0.6) is 0 Å². The van der Waals surface area contributed by atoms with E-state index in [9.17, 15) is 4.79 Å². The third-order valence-corrected chi connectivity index (χ3v) is 3.78. The van der Waals surface area contributed by atoms with Crippen LogP contribution in [0.25, 0.3) is 0 Å². The number of hydrogen-bond donors (Lipinski definition) is 0. The highest BCUT2D eigenvalue weighted by Crippen LogP contribution is 2.41. The molecule has 0 spiro atoms. The third-order valence-electron chi connectivity index (χ3n) is 3.78. The maximum absolute atomic E-state index is 12.8. The van der Waals surface area contributed by atoms with Gasteiger partial charge in [-0.15, -0.1) is 0 Å². The van der Waals surface area contributed by atoms with Crippen LogP contribution in [0.1, 0.15) is 37.0 Å². The van der Waals surface area contributed by atoms with Crippen LogP contribution in [0.2, 0.25) is 0 Å². The molecule has 1 aliphatic carbocycles. The zero-order valence-electron chi connectivity index (χ0n) is 12.0. The molecule has 2 heteroatoms. The number of ketones is 1. The number of hydrogen-bond acceptors (Lipinski definition) is 1. The fourth-order valence-electron chi connectivity index (χ4n) is 2.72. The molecule has 0 amide bonds. The molecule has 1 aliphatic rings. The number of benzene rings is 1. The van der Waals surface area contributed by atoms with Crippen molar-refractivity contribution in [1.29, 1.82) is 0 Å². The molecule has 0 bridgehead atoms. The van der Waals surface area contributed by atoms with Gasteiger partial charge in [0.05, 0.1) is 0 Å². The Balaban J connectivity index is 0.00000200. The van der Waals surface area contributed by atoms with Crippen molar-refractivity contribution < 1.29 is 17.2 Å². The topological polar surface area (TPSA) is 17.1 Å². The van der Waals surface area contributed by atoms with Gasteiger partial charge in [0.1, 0.15) is 0 Å². The molecule has 1 atom stereocenters. The average molecular weight is 288 g/mol. The summed E-state index contributed by atoms with van der Waals surface area (Å²) in [5.41, 5.74) is 2.80. The van der Waals surface area contributed by atoms with Crippen molar-refractivity contribution in [2.75, 3.05) is 0 Å². The van der Waals surface area contributed by atoms with Gasteiger partial charge in [-0.25, -0.2) is 0 Å². The zero-order valence-corrected chi connectivity index (χ0v) is 12.8. The largest absolute Gasteiger partial charge is 1.00 e. The maximum Gasteiger partial charge on any atom is 0.169 e. The summed E-state index contributed by atoms with van der Waals surface area (Å²) in [4.78, 5) is 12.8. The van der Waals surface area contributed by atoms with Crippen LogP contribution in [0, 0.1) is 5.41 Å². The number of halogens is 1. The highest BCUT2D eigenvalue weighted by molar-refractivity contribution is 6.00. The number of carbonyl (C=O) groups is 1. The second-order valence-corrected chi connectivity index (χ2v) is 5.40. The lowest BCUT2D eigenvalue weighted by Gasteiger charge is -2.33. The summed E-state index contributed by atoms with van der Waals surface area (Å²) in [7, 11) is 0. The molecule has 20 heavy (non-hydrogen) atoms. The average Bonchev–Trinajstić information content (AvgIpc) is 2.46. The van der Waals surface area contributed by atoms with Crippen LogP contribution in [0.3, 0.4) is 0 Å². The van der Waals surface area contributed by atoms with E-state index in [1.165, 1.54) is 5.57 Å². The fourth-order valence-corrected chi connectivity index (χ4v) is 2.72. The summed E-state index contributed by atoms with van der Waals surface area (Å²) in [5, 5.41) is 0. The van der Waals surface area contributed by atoms with Crippen LogP contribution in [0.4, 0.5) is 0 Å². The van der Waals surface area contributed by atoms with Crippen molar-refractivity contribution in [3.63, 3.8) is 0 Å². The molecule has 1 aromatic carbocycles. The number of rotatable bonds is 3. The van der Waals surface area contributed by atoms with Gasteiger partial charge in [0.15, 0.2) is 5.78 Å². The van der Waals surface area contributed by atoms with E-state index < -0.39 is 0 Å². The molecule has 0 N–H and O–H groups in total. The molecule has 1 aromatic rings. The van der Waals surface area contributed by atoms with Crippen LogP contribution in [-0.2, 0) is 0 Å². The van der Waals surface area contributed by atoms with Crippen molar-refractivity contribution in [3.05, 3.63) is 71.8 Å². The Labute approximate surface area is 127 Å². The Kier molecular flexibility index (Phi) is 5.52. The van der Waals surface area contributed by atoms with E-state index >= 15 is 0 Å². The zero-order chi connectivity index (χ0) is 13.9. The van der Waals surface area contributed by atoms with E-state index in [0.717, 1.165) is 24.0 Å². The number of allylic oxidation sites excluding steroid dienone is 5. The normalized spacial score (nSPS) is 23.7. The van der Waals surface area contributed by atoms with Gasteiger partial charge in [-0.05, 0) is 25.3 Å². The molecule has 0 heterocycles. The van der Waals surface area contributed by atoms with Gasteiger partial charge < -0.3 is 12.4 Å². The smallest absolute Gasteiger partial charge is 0.169 e. The first kappa shape index (κ1) is 16.5. The molecule has 0 aliphatic heterocycles. The molecule has 0 saturated carbocycles. The summed E-state index contributed by atoms with van der Waals surface area (Å²) in [6.07, 6.45) is 7.65. The molecule has 2 rings (SSSR count). The van der Waals surface area contributed by atoms with E-state index in [-0.39, 0.29) is 23.6 Å². The minimum Gasteiger partial charge on any atom is -1.00 e. The molecular formula is C18H20ClO-. The van der Waals surface area contributed by atoms with E-state index in [0.29, 0.717) is 0 Å². The summed E-state index contributed by atoms with van der Waals surface area (Å²) >= 11 is 0. The van der Waals surface area contributed by atoms with Crippen molar-refractivity contribution in [2.45, 2.75) is 26.7 Å². The lowest BCUT2D eigenvalue weighted by molar-refractivity contribution is -0.0000115. The number of Topliss-reactive ketones (excluding diaryl/α,β-unsaturated/α-hetero) is 1. The Morgan fingerprint density at radius 2 is 1.90 bits per heavy atom. The summed E-state index contributed by atoms with van der Waals surface area (Å²) in [5.74, 6) is 0.222. The van der Waals surface area contributed by atoms with Gasteiger partial charge in [-0.3, -0.25) is 4.79 Å². The van der Waals surface area contributed by atoms with Gasteiger partial charge in [0, 0.05) is 11.0 Å². The van der Waals surface area contributed by atoms with Gasteiger partial charge in [0.25, 0.3) is 0 Å². The second-order valence-electron chi connectivity index (χ2n) is 5.40. The highest BCUT2D eigenvalue weighted by Gasteiger charge is 2.36. The van der Waals surface area contributed by atoms with E-state index in [4.69, 9.17) is 0 Å². The summed E-state index contributed by atoms with van der Waals surface area (Å²) in [6.45, 7) is 7.92. The van der Waals surface area contributed by atoms with Gasteiger partial charge >= 0.3 is 0 Å². The predicted molar refractivity (Wildman–Crippen MR) is 80.2 cm³/mol. The molecular weight excluding hydrogens is 268 g/mol. The molecule has 106 valence electrons.